The van der Waals surface area contributed by atoms with E-state index in [2.05, 4.69) is 17.0 Å². The summed E-state index contributed by atoms with van der Waals surface area (Å²) in [6.45, 7) is 3.96. The van der Waals surface area contributed by atoms with E-state index in [1.807, 2.05) is 44.3 Å². The average molecular weight is 319 g/mol. The lowest BCUT2D eigenvalue weighted by Crippen LogP contribution is -3.00. The van der Waals surface area contributed by atoms with Crippen LogP contribution in [0.1, 0.15) is 21.5 Å². The third kappa shape index (κ3) is 5.88. The van der Waals surface area contributed by atoms with Crippen LogP contribution in [0.5, 0.6) is 0 Å². The molecule has 2 aromatic rings. The van der Waals surface area contributed by atoms with Gasteiger partial charge in [0.2, 0.25) is 0 Å². The van der Waals surface area contributed by atoms with Gasteiger partial charge in [-0.1, -0.05) is 48.0 Å². The first-order valence-electron chi connectivity index (χ1n) is 7.11. The van der Waals surface area contributed by atoms with Crippen molar-refractivity contribution >= 4 is 5.97 Å². The number of nitrogens with zero attached hydrogens (tertiary/aromatic N) is 1. The van der Waals surface area contributed by atoms with Gasteiger partial charge in [-0.3, -0.25) is 4.90 Å². The number of likely N-dealkylation sites (N-methyl/N-ethyl adjacent to an activating group) is 1. The molecule has 0 radical (unpaired) electrons. The lowest BCUT2D eigenvalue weighted by molar-refractivity contribution is -0.0000240. The number of rotatable bonds is 6. The predicted molar refractivity (Wildman–Crippen MR) is 84.2 cm³/mol. The number of hydrogen-bond acceptors (Lipinski definition) is 3. The summed E-state index contributed by atoms with van der Waals surface area (Å²) >= 11 is 0. The summed E-state index contributed by atoms with van der Waals surface area (Å²) in [6, 6.07) is 17.7. The molecule has 3 nitrogen and oxygen atoms in total. The molecule has 0 N–H and O–H groups in total. The van der Waals surface area contributed by atoms with Gasteiger partial charge < -0.3 is 17.1 Å². The fourth-order valence-corrected chi connectivity index (χ4v) is 2.04. The number of halogens is 1. The fraction of sp³-hybridized carbons (Fsp3) is 0.278. The summed E-state index contributed by atoms with van der Waals surface area (Å²) in [6.07, 6.45) is 0. The van der Waals surface area contributed by atoms with Crippen molar-refractivity contribution in [1.82, 2.24) is 4.90 Å². The number of esters is 1. The average Bonchev–Trinajstić information content (AvgIpc) is 2.49. The molecule has 0 aromatic heterocycles. The van der Waals surface area contributed by atoms with Crippen LogP contribution in [-0.2, 0) is 11.3 Å². The van der Waals surface area contributed by atoms with Gasteiger partial charge in [0.05, 0.1) is 5.56 Å². The first-order chi connectivity index (χ1) is 10.1. The van der Waals surface area contributed by atoms with Gasteiger partial charge in [0.1, 0.15) is 6.61 Å². The molecule has 2 aromatic carbocycles. The first-order valence-corrected chi connectivity index (χ1v) is 7.11. The molecule has 0 atom stereocenters. The second kappa shape index (κ2) is 9.23. The minimum atomic E-state index is -0.261. The van der Waals surface area contributed by atoms with E-state index < -0.39 is 0 Å². The lowest BCUT2D eigenvalue weighted by Gasteiger charge is -2.16. The largest absolute Gasteiger partial charge is 1.00 e. The van der Waals surface area contributed by atoms with Crippen LogP contribution in [0.25, 0.3) is 0 Å². The van der Waals surface area contributed by atoms with Crippen LogP contribution in [0.4, 0.5) is 0 Å². The molecule has 0 spiro atoms. The second-order valence-electron chi connectivity index (χ2n) is 5.23. The van der Waals surface area contributed by atoms with Crippen LogP contribution in [-0.4, -0.2) is 31.1 Å². The summed E-state index contributed by atoms with van der Waals surface area (Å²) in [4.78, 5) is 14.0. The van der Waals surface area contributed by atoms with E-state index in [0.717, 1.165) is 12.1 Å². The molecule has 4 heteroatoms. The molecule has 0 saturated carbocycles. The highest BCUT2D eigenvalue weighted by Crippen LogP contribution is 2.05. The molecule has 0 aliphatic carbocycles. The van der Waals surface area contributed by atoms with Crippen LogP contribution >= 0.6 is 0 Å². The zero-order valence-electron chi connectivity index (χ0n) is 13.0. The second-order valence-corrected chi connectivity index (χ2v) is 5.23. The first kappa shape index (κ1) is 18.2. The number of aryl methyl sites for hydroxylation is 1. The van der Waals surface area contributed by atoms with E-state index in [9.17, 15) is 4.79 Å². The van der Waals surface area contributed by atoms with Crippen molar-refractivity contribution < 1.29 is 21.9 Å². The van der Waals surface area contributed by atoms with E-state index in [1.54, 1.807) is 12.1 Å². The van der Waals surface area contributed by atoms with E-state index in [1.165, 1.54) is 5.56 Å². The van der Waals surface area contributed by atoms with Crippen LogP contribution in [0, 0.1) is 6.92 Å². The van der Waals surface area contributed by atoms with Crippen LogP contribution in [0.15, 0.2) is 54.6 Å². The molecule has 2 rings (SSSR count). The van der Waals surface area contributed by atoms with Crippen molar-refractivity contribution in [3.8, 4) is 0 Å². The van der Waals surface area contributed by atoms with Crippen molar-refractivity contribution in [1.29, 1.82) is 0 Å². The number of benzene rings is 2. The van der Waals surface area contributed by atoms with Crippen molar-refractivity contribution in [2.45, 2.75) is 13.5 Å². The van der Waals surface area contributed by atoms with Crippen LogP contribution < -0.4 is 12.4 Å². The normalized spacial score (nSPS) is 10.1. The molecule has 0 bridgehead atoms. The van der Waals surface area contributed by atoms with E-state index in [4.69, 9.17) is 4.74 Å². The topological polar surface area (TPSA) is 29.5 Å². The van der Waals surface area contributed by atoms with Crippen molar-refractivity contribution in [2.24, 2.45) is 0 Å². The molecule has 22 heavy (non-hydrogen) atoms. The standard InChI is InChI=1S/C18H21NO2.ClH/c1-15-8-10-17(11-9-15)18(20)21-13-12-19(2)14-16-6-4-3-5-7-16;/h3-11H,12-14H2,1-2H3;1H/p-1. The molecular weight excluding hydrogens is 298 g/mol. The van der Waals surface area contributed by atoms with Gasteiger partial charge in [0.25, 0.3) is 0 Å². The highest BCUT2D eigenvalue weighted by molar-refractivity contribution is 5.89. The van der Waals surface area contributed by atoms with Gasteiger partial charge >= 0.3 is 5.97 Å². The Labute approximate surface area is 138 Å². The van der Waals surface area contributed by atoms with Crippen LogP contribution in [0.2, 0.25) is 0 Å². The molecular formula is C18H21ClNO2-. The summed E-state index contributed by atoms with van der Waals surface area (Å²) in [5.41, 5.74) is 2.99. The smallest absolute Gasteiger partial charge is 0.338 e. The Kier molecular flexibility index (Phi) is 7.64. The number of carbonyl (C=O) groups is 1. The van der Waals surface area contributed by atoms with Crippen molar-refractivity contribution in [2.75, 3.05) is 20.2 Å². The maximum Gasteiger partial charge on any atom is 0.338 e. The highest BCUT2D eigenvalue weighted by Gasteiger charge is 2.07. The molecule has 0 amide bonds. The van der Waals surface area contributed by atoms with Gasteiger partial charge in [0.15, 0.2) is 0 Å². The third-order valence-electron chi connectivity index (χ3n) is 3.29. The Hall–Kier alpha value is -1.84. The highest BCUT2D eigenvalue weighted by atomic mass is 35.5. The maximum atomic E-state index is 11.9. The molecule has 0 unspecified atom stereocenters. The minimum absolute atomic E-state index is 0. The quantitative estimate of drug-likeness (QED) is 0.717. The van der Waals surface area contributed by atoms with Crippen molar-refractivity contribution in [3.05, 3.63) is 71.3 Å². The Morgan fingerprint density at radius 3 is 2.32 bits per heavy atom. The Morgan fingerprint density at radius 2 is 1.68 bits per heavy atom. The van der Waals surface area contributed by atoms with Gasteiger partial charge in [-0.15, -0.1) is 0 Å². The van der Waals surface area contributed by atoms with Gasteiger partial charge in [0, 0.05) is 13.1 Å². The summed E-state index contributed by atoms with van der Waals surface area (Å²) in [5.74, 6) is -0.261. The van der Waals surface area contributed by atoms with Gasteiger partial charge in [-0.2, -0.15) is 0 Å². The SMILES string of the molecule is Cc1ccc(C(=O)OCCN(C)Cc2ccccc2)cc1.[Cl-]. The van der Waals surface area contributed by atoms with Crippen LogP contribution in [0.3, 0.4) is 0 Å². The monoisotopic (exact) mass is 318 g/mol. The third-order valence-corrected chi connectivity index (χ3v) is 3.29. The van der Waals surface area contributed by atoms with Crippen molar-refractivity contribution in [3.63, 3.8) is 0 Å². The summed E-state index contributed by atoms with van der Waals surface area (Å²) < 4.78 is 5.30. The Balaban J connectivity index is 0.00000242. The maximum absolute atomic E-state index is 11.9. The van der Waals surface area contributed by atoms with Gasteiger partial charge in [-0.05, 0) is 31.7 Å². The number of carbonyl (C=O) groups excluding carboxylic acids is 1. The van der Waals surface area contributed by atoms with E-state index in [0.29, 0.717) is 18.7 Å². The zero-order chi connectivity index (χ0) is 15.1. The number of ether oxygens (including phenoxy) is 1. The lowest BCUT2D eigenvalue weighted by atomic mass is 10.1. The fourth-order valence-electron chi connectivity index (χ4n) is 2.04. The summed E-state index contributed by atoms with van der Waals surface area (Å²) in [7, 11) is 2.02. The number of hydrogen-bond donors (Lipinski definition) is 0. The molecule has 0 fully saturated rings. The molecule has 0 saturated heterocycles. The van der Waals surface area contributed by atoms with E-state index >= 15 is 0 Å². The Morgan fingerprint density at radius 1 is 1.05 bits per heavy atom. The molecule has 0 heterocycles. The molecule has 0 aliphatic heterocycles. The van der Waals surface area contributed by atoms with E-state index in [-0.39, 0.29) is 18.4 Å². The molecule has 0 aliphatic rings. The summed E-state index contributed by atoms with van der Waals surface area (Å²) in [5, 5.41) is 0. The predicted octanol–water partition coefficient (Wildman–Crippen LogP) is 0.288. The zero-order valence-corrected chi connectivity index (χ0v) is 13.7. The molecule has 118 valence electrons. The minimum Gasteiger partial charge on any atom is -1.00 e. The Bertz CT molecular complexity index is 569. The van der Waals surface area contributed by atoms with Gasteiger partial charge in [-0.25, -0.2) is 4.79 Å².